The van der Waals surface area contributed by atoms with Crippen molar-refractivity contribution < 1.29 is 10.2 Å². The van der Waals surface area contributed by atoms with Crippen molar-refractivity contribution >= 4 is 0 Å². The smallest absolute Gasteiger partial charge is 0.0540 e. The summed E-state index contributed by atoms with van der Waals surface area (Å²) >= 11 is 0. The van der Waals surface area contributed by atoms with E-state index in [9.17, 15) is 10.2 Å². The molecular formula is C23H42O2. The molecule has 0 aliphatic heterocycles. The van der Waals surface area contributed by atoms with Crippen LogP contribution in [0.15, 0.2) is 0 Å². The molecule has 0 spiro atoms. The summed E-state index contributed by atoms with van der Waals surface area (Å²) in [5.41, 5.74) is 0.593. The van der Waals surface area contributed by atoms with Crippen LogP contribution in [0.2, 0.25) is 0 Å². The van der Waals surface area contributed by atoms with Crippen molar-refractivity contribution in [2.75, 3.05) is 0 Å². The monoisotopic (exact) mass is 350 g/mol. The molecule has 3 rings (SSSR count). The van der Waals surface area contributed by atoms with Crippen LogP contribution >= 0.6 is 0 Å². The van der Waals surface area contributed by atoms with E-state index in [1.165, 1.54) is 77.0 Å². The third-order valence-corrected chi connectivity index (χ3v) is 8.10. The lowest BCUT2D eigenvalue weighted by Crippen LogP contribution is -2.40. The molecule has 0 aromatic carbocycles. The average Bonchev–Trinajstić information content (AvgIpc) is 2.63. The lowest BCUT2D eigenvalue weighted by molar-refractivity contribution is -0.0122. The minimum Gasteiger partial charge on any atom is -0.393 e. The van der Waals surface area contributed by atoms with Crippen LogP contribution in [0.3, 0.4) is 0 Å². The first-order chi connectivity index (χ1) is 12.1. The fourth-order valence-corrected chi connectivity index (χ4v) is 6.75. The van der Waals surface area contributed by atoms with E-state index in [1.807, 2.05) is 0 Å². The van der Waals surface area contributed by atoms with Gasteiger partial charge in [-0.3, -0.25) is 0 Å². The minimum atomic E-state index is -0.0322. The molecule has 3 aliphatic rings. The van der Waals surface area contributed by atoms with Crippen molar-refractivity contribution in [3.8, 4) is 0 Å². The van der Waals surface area contributed by atoms with Crippen LogP contribution in [0.5, 0.6) is 0 Å². The standard InChI is InChI=1S/C23H42O2/c1-2-14-23(15-4-3-5-16-23)22(19-8-12-21(25)13-9-19)17-18-6-10-20(24)11-7-18/h18-22,24-25H,2-17H2,1H3. The molecule has 3 aliphatic carbocycles. The van der Waals surface area contributed by atoms with Gasteiger partial charge in [0.05, 0.1) is 12.2 Å². The largest absolute Gasteiger partial charge is 0.393 e. The Morgan fingerprint density at radius 1 is 0.800 bits per heavy atom. The molecule has 2 nitrogen and oxygen atoms in total. The summed E-state index contributed by atoms with van der Waals surface area (Å²) in [6, 6.07) is 0. The summed E-state index contributed by atoms with van der Waals surface area (Å²) in [5.74, 6) is 2.57. The maximum Gasteiger partial charge on any atom is 0.0540 e. The van der Waals surface area contributed by atoms with E-state index < -0.39 is 0 Å². The molecular weight excluding hydrogens is 308 g/mol. The third kappa shape index (κ3) is 5.01. The highest BCUT2D eigenvalue weighted by Gasteiger charge is 2.44. The molecule has 0 amide bonds. The van der Waals surface area contributed by atoms with Gasteiger partial charge in [0, 0.05) is 0 Å². The molecule has 1 unspecified atom stereocenters. The zero-order valence-corrected chi connectivity index (χ0v) is 16.6. The zero-order valence-electron chi connectivity index (χ0n) is 16.6. The molecule has 25 heavy (non-hydrogen) atoms. The Balaban J connectivity index is 1.74. The molecule has 3 saturated carbocycles. The van der Waals surface area contributed by atoms with Crippen LogP contribution in [-0.4, -0.2) is 22.4 Å². The van der Waals surface area contributed by atoms with Crippen molar-refractivity contribution in [2.45, 2.75) is 122 Å². The Morgan fingerprint density at radius 3 is 1.92 bits per heavy atom. The summed E-state index contributed by atoms with van der Waals surface area (Å²) in [6.07, 6.45) is 20.5. The van der Waals surface area contributed by atoms with Crippen LogP contribution in [0, 0.1) is 23.2 Å². The lowest BCUT2D eigenvalue weighted by atomic mass is 9.55. The van der Waals surface area contributed by atoms with Gasteiger partial charge in [-0.2, -0.15) is 0 Å². The predicted octanol–water partition coefficient (Wildman–Crippen LogP) is 5.85. The van der Waals surface area contributed by atoms with Crippen molar-refractivity contribution in [2.24, 2.45) is 23.2 Å². The van der Waals surface area contributed by atoms with Crippen molar-refractivity contribution in [3.05, 3.63) is 0 Å². The third-order valence-electron chi connectivity index (χ3n) is 8.10. The number of rotatable bonds is 6. The van der Waals surface area contributed by atoms with Gasteiger partial charge in [-0.1, -0.05) is 32.6 Å². The highest BCUT2D eigenvalue weighted by Crippen LogP contribution is 2.54. The molecule has 0 heterocycles. The van der Waals surface area contributed by atoms with Crippen LogP contribution in [0.4, 0.5) is 0 Å². The SMILES string of the molecule is CCCC1(C(CC2CCC(O)CC2)C2CCC(O)CC2)CCCCC1. The molecule has 3 fully saturated rings. The fourth-order valence-electron chi connectivity index (χ4n) is 6.75. The van der Waals surface area contributed by atoms with E-state index >= 15 is 0 Å². The number of hydrogen-bond donors (Lipinski definition) is 2. The molecule has 2 N–H and O–H groups in total. The Hall–Kier alpha value is -0.0800. The second kappa shape index (κ2) is 9.22. The number of aliphatic hydroxyl groups excluding tert-OH is 2. The Morgan fingerprint density at radius 2 is 1.36 bits per heavy atom. The zero-order chi connectivity index (χ0) is 17.7. The quantitative estimate of drug-likeness (QED) is 0.631. The van der Waals surface area contributed by atoms with E-state index in [1.54, 1.807) is 0 Å². The predicted molar refractivity (Wildman–Crippen MR) is 104 cm³/mol. The number of aliphatic hydroxyl groups is 2. The van der Waals surface area contributed by atoms with Gasteiger partial charge in [0.25, 0.3) is 0 Å². The Labute approximate surface area is 155 Å². The van der Waals surface area contributed by atoms with E-state index in [0.717, 1.165) is 43.4 Å². The van der Waals surface area contributed by atoms with Crippen LogP contribution in [0.1, 0.15) is 110 Å². The molecule has 0 aromatic heterocycles. The van der Waals surface area contributed by atoms with Gasteiger partial charge >= 0.3 is 0 Å². The van der Waals surface area contributed by atoms with Crippen LogP contribution in [-0.2, 0) is 0 Å². The normalized spacial score (nSPS) is 37.6. The van der Waals surface area contributed by atoms with Gasteiger partial charge in [-0.05, 0) is 100 Å². The average molecular weight is 351 g/mol. The maximum absolute atomic E-state index is 10.0. The summed E-state index contributed by atoms with van der Waals surface area (Å²) in [7, 11) is 0. The van der Waals surface area contributed by atoms with Gasteiger partial charge in [0.15, 0.2) is 0 Å². The van der Waals surface area contributed by atoms with Crippen molar-refractivity contribution in [1.82, 2.24) is 0 Å². The van der Waals surface area contributed by atoms with Gasteiger partial charge in [-0.25, -0.2) is 0 Å². The van der Waals surface area contributed by atoms with Gasteiger partial charge in [0.2, 0.25) is 0 Å². The Kier molecular flexibility index (Phi) is 7.26. The lowest BCUT2D eigenvalue weighted by Gasteiger charge is -2.50. The molecule has 0 radical (unpaired) electrons. The molecule has 0 aromatic rings. The van der Waals surface area contributed by atoms with Gasteiger partial charge in [0.1, 0.15) is 0 Å². The molecule has 2 heteroatoms. The number of hydrogen-bond acceptors (Lipinski definition) is 2. The van der Waals surface area contributed by atoms with Crippen molar-refractivity contribution in [1.29, 1.82) is 0 Å². The highest BCUT2D eigenvalue weighted by molar-refractivity contribution is 4.94. The van der Waals surface area contributed by atoms with E-state index in [2.05, 4.69) is 6.92 Å². The fraction of sp³-hybridized carbons (Fsp3) is 1.00. The summed E-state index contributed by atoms with van der Waals surface area (Å²) in [6.45, 7) is 2.38. The van der Waals surface area contributed by atoms with Gasteiger partial charge < -0.3 is 10.2 Å². The topological polar surface area (TPSA) is 40.5 Å². The van der Waals surface area contributed by atoms with E-state index in [0.29, 0.717) is 5.41 Å². The Bertz CT molecular complexity index is 366. The highest BCUT2D eigenvalue weighted by atomic mass is 16.3. The summed E-state index contributed by atoms with van der Waals surface area (Å²) in [5, 5.41) is 19.9. The minimum absolute atomic E-state index is 0.0289. The van der Waals surface area contributed by atoms with Gasteiger partial charge in [-0.15, -0.1) is 0 Å². The van der Waals surface area contributed by atoms with Crippen molar-refractivity contribution in [3.63, 3.8) is 0 Å². The molecule has 1 atom stereocenters. The molecule has 0 saturated heterocycles. The van der Waals surface area contributed by atoms with Crippen LogP contribution < -0.4 is 0 Å². The second-order valence-corrected chi connectivity index (χ2v) is 9.76. The van der Waals surface area contributed by atoms with Crippen LogP contribution in [0.25, 0.3) is 0 Å². The second-order valence-electron chi connectivity index (χ2n) is 9.76. The molecule has 0 bridgehead atoms. The molecule has 146 valence electrons. The first-order valence-corrected chi connectivity index (χ1v) is 11.5. The first-order valence-electron chi connectivity index (χ1n) is 11.5. The van der Waals surface area contributed by atoms with E-state index in [-0.39, 0.29) is 12.2 Å². The summed E-state index contributed by atoms with van der Waals surface area (Å²) < 4.78 is 0. The summed E-state index contributed by atoms with van der Waals surface area (Å²) in [4.78, 5) is 0. The maximum atomic E-state index is 10.0. The first kappa shape index (κ1) is 19.7. The van der Waals surface area contributed by atoms with E-state index in [4.69, 9.17) is 0 Å².